The second-order valence-corrected chi connectivity index (χ2v) is 8.67. The summed E-state index contributed by atoms with van der Waals surface area (Å²) >= 11 is 0. The highest BCUT2D eigenvalue weighted by atomic mass is 16.1. The van der Waals surface area contributed by atoms with E-state index in [9.17, 15) is 10.1 Å². The molecule has 0 bridgehead atoms. The summed E-state index contributed by atoms with van der Waals surface area (Å²) in [6.45, 7) is 0.509. The molecule has 0 fully saturated rings. The van der Waals surface area contributed by atoms with Crippen LogP contribution in [0.3, 0.4) is 0 Å². The van der Waals surface area contributed by atoms with Gasteiger partial charge in [0.25, 0.3) is 5.56 Å². The van der Waals surface area contributed by atoms with Crippen molar-refractivity contribution in [2.24, 2.45) is 14.1 Å². The van der Waals surface area contributed by atoms with Gasteiger partial charge in [-0.05, 0) is 45.7 Å². The molecule has 2 aromatic heterocycles. The fourth-order valence-corrected chi connectivity index (χ4v) is 4.48. The number of rotatable bonds is 6. The predicted octanol–water partition coefficient (Wildman–Crippen LogP) is 4.69. The number of hydrogen-bond donors (Lipinski definition) is 1. The number of hydrogen-bond acceptors (Lipinski definition) is 4. The molecule has 172 valence electrons. The van der Waals surface area contributed by atoms with Gasteiger partial charge in [0.15, 0.2) is 0 Å². The number of benzene rings is 3. The highest BCUT2D eigenvalue weighted by Crippen LogP contribution is 2.34. The zero-order valence-electron chi connectivity index (χ0n) is 19.6. The van der Waals surface area contributed by atoms with Crippen molar-refractivity contribution in [3.63, 3.8) is 0 Å². The molecule has 5 rings (SSSR count). The van der Waals surface area contributed by atoms with Crippen LogP contribution in [-0.2, 0) is 20.6 Å². The standard InChI is InChI=1S/C29H25N5O/c1-33-13-12-20(14-28(33)35)17-32-29(27-18-31-19-34(27)2)22-10-11-23(16-30)26(15-22)25-9-5-7-21-6-3-4-8-24(21)25/h3-15,18-19,29,32H,17H2,1-2H3. The number of nitrogens with zero attached hydrogens (tertiary/aromatic N) is 4. The van der Waals surface area contributed by atoms with Crippen molar-refractivity contribution in [3.8, 4) is 17.2 Å². The van der Waals surface area contributed by atoms with E-state index in [1.165, 1.54) is 0 Å². The molecule has 2 heterocycles. The van der Waals surface area contributed by atoms with Crippen LogP contribution in [0.1, 0.15) is 28.4 Å². The van der Waals surface area contributed by atoms with Crippen LogP contribution in [-0.4, -0.2) is 14.1 Å². The smallest absolute Gasteiger partial charge is 0.250 e. The van der Waals surface area contributed by atoms with Crippen molar-refractivity contribution in [2.75, 3.05) is 0 Å². The van der Waals surface area contributed by atoms with Crippen molar-refractivity contribution < 1.29 is 0 Å². The Balaban J connectivity index is 1.60. The van der Waals surface area contributed by atoms with E-state index in [2.05, 4.69) is 46.7 Å². The molecule has 0 saturated carbocycles. The van der Waals surface area contributed by atoms with Gasteiger partial charge in [-0.15, -0.1) is 0 Å². The Kier molecular flexibility index (Phi) is 6.01. The molecule has 0 amide bonds. The highest BCUT2D eigenvalue weighted by molar-refractivity contribution is 5.97. The van der Waals surface area contributed by atoms with Gasteiger partial charge < -0.3 is 14.5 Å². The van der Waals surface area contributed by atoms with Crippen LogP contribution in [0.4, 0.5) is 0 Å². The van der Waals surface area contributed by atoms with E-state index in [-0.39, 0.29) is 11.6 Å². The lowest BCUT2D eigenvalue weighted by molar-refractivity contribution is 0.572. The van der Waals surface area contributed by atoms with Gasteiger partial charge in [-0.1, -0.05) is 48.5 Å². The van der Waals surface area contributed by atoms with Crippen LogP contribution in [0.15, 0.2) is 96.3 Å². The fourth-order valence-electron chi connectivity index (χ4n) is 4.48. The van der Waals surface area contributed by atoms with Crippen molar-refractivity contribution >= 4 is 10.8 Å². The van der Waals surface area contributed by atoms with Crippen LogP contribution in [0.25, 0.3) is 21.9 Å². The highest BCUT2D eigenvalue weighted by Gasteiger charge is 2.20. The number of nitrogens with one attached hydrogen (secondary N) is 1. The first-order chi connectivity index (χ1) is 17.0. The lowest BCUT2D eigenvalue weighted by Gasteiger charge is -2.21. The predicted molar refractivity (Wildman–Crippen MR) is 138 cm³/mol. The minimum atomic E-state index is -0.187. The topological polar surface area (TPSA) is 75.6 Å². The Bertz CT molecular complexity index is 1620. The number of imidazole rings is 1. The molecular formula is C29H25N5O. The van der Waals surface area contributed by atoms with E-state index in [4.69, 9.17) is 0 Å². The van der Waals surface area contributed by atoms with E-state index < -0.39 is 0 Å². The zero-order valence-corrected chi connectivity index (χ0v) is 19.6. The van der Waals surface area contributed by atoms with Crippen LogP contribution < -0.4 is 10.9 Å². The van der Waals surface area contributed by atoms with Crippen molar-refractivity contribution in [1.29, 1.82) is 5.26 Å². The number of aryl methyl sites for hydroxylation is 2. The summed E-state index contributed by atoms with van der Waals surface area (Å²) in [6, 6.07) is 26.1. The molecule has 0 spiro atoms. The van der Waals surface area contributed by atoms with Gasteiger partial charge in [0.05, 0.1) is 35.9 Å². The van der Waals surface area contributed by atoms with Gasteiger partial charge in [-0.2, -0.15) is 5.26 Å². The zero-order chi connectivity index (χ0) is 24.4. The summed E-state index contributed by atoms with van der Waals surface area (Å²) in [5.74, 6) is 0. The Morgan fingerprint density at radius 1 is 0.971 bits per heavy atom. The minimum Gasteiger partial charge on any atom is -0.336 e. The average molecular weight is 460 g/mol. The van der Waals surface area contributed by atoms with Crippen LogP contribution in [0.5, 0.6) is 0 Å². The second-order valence-electron chi connectivity index (χ2n) is 8.67. The van der Waals surface area contributed by atoms with Crippen molar-refractivity contribution in [2.45, 2.75) is 12.6 Å². The van der Waals surface area contributed by atoms with Crippen molar-refractivity contribution in [3.05, 3.63) is 124 Å². The first-order valence-electron chi connectivity index (χ1n) is 11.4. The average Bonchev–Trinajstić information content (AvgIpc) is 3.31. The van der Waals surface area contributed by atoms with Gasteiger partial charge in [0, 0.05) is 38.5 Å². The maximum atomic E-state index is 12.1. The SMILES string of the molecule is Cn1cncc1C(NCc1ccn(C)c(=O)c1)c1ccc(C#N)c(-c2cccc3ccccc23)c1. The lowest BCUT2D eigenvalue weighted by atomic mass is 9.91. The summed E-state index contributed by atoms with van der Waals surface area (Å²) in [4.78, 5) is 16.4. The van der Waals surface area contributed by atoms with E-state index in [1.54, 1.807) is 30.2 Å². The Morgan fingerprint density at radius 3 is 2.57 bits per heavy atom. The fraction of sp³-hybridized carbons (Fsp3) is 0.138. The molecule has 0 aliphatic carbocycles. The molecule has 0 aliphatic heterocycles. The third kappa shape index (κ3) is 4.37. The van der Waals surface area contributed by atoms with Crippen molar-refractivity contribution in [1.82, 2.24) is 19.4 Å². The van der Waals surface area contributed by atoms with Crippen LogP contribution in [0, 0.1) is 11.3 Å². The lowest BCUT2D eigenvalue weighted by Crippen LogP contribution is -2.25. The number of fused-ring (bicyclic) bond motifs is 1. The summed E-state index contributed by atoms with van der Waals surface area (Å²) in [7, 11) is 3.70. The van der Waals surface area contributed by atoms with E-state index in [0.29, 0.717) is 12.1 Å². The number of pyridine rings is 1. The molecule has 6 nitrogen and oxygen atoms in total. The van der Waals surface area contributed by atoms with Gasteiger partial charge in [-0.25, -0.2) is 4.98 Å². The summed E-state index contributed by atoms with van der Waals surface area (Å²) < 4.78 is 3.54. The molecule has 6 heteroatoms. The quantitative estimate of drug-likeness (QED) is 0.400. The third-order valence-corrected chi connectivity index (χ3v) is 6.41. The monoisotopic (exact) mass is 459 g/mol. The first kappa shape index (κ1) is 22.3. The van der Waals surface area contributed by atoms with Gasteiger partial charge in [0.2, 0.25) is 0 Å². The number of aromatic nitrogens is 3. The molecule has 35 heavy (non-hydrogen) atoms. The minimum absolute atomic E-state index is 0.0435. The van der Waals surface area contributed by atoms with E-state index >= 15 is 0 Å². The van der Waals surface area contributed by atoms with Gasteiger partial charge in [0.1, 0.15) is 0 Å². The Hall–Kier alpha value is -4.47. The molecule has 1 N–H and O–H groups in total. The molecule has 5 aromatic rings. The molecule has 0 radical (unpaired) electrons. The van der Waals surface area contributed by atoms with E-state index in [0.717, 1.165) is 38.7 Å². The largest absolute Gasteiger partial charge is 0.336 e. The van der Waals surface area contributed by atoms with Gasteiger partial charge >= 0.3 is 0 Å². The van der Waals surface area contributed by atoms with Gasteiger partial charge in [-0.3, -0.25) is 4.79 Å². The first-order valence-corrected chi connectivity index (χ1v) is 11.4. The number of nitriles is 1. The van der Waals surface area contributed by atoms with Crippen LogP contribution in [0.2, 0.25) is 0 Å². The molecule has 3 aromatic carbocycles. The molecule has 1 atom stereocenters. The summed E-state index contributed by atoms with van der Waals surface area (Å²) in [6.07, 6.45) is 5.40. The third-order valence-electron chi connectivity index (χ3n) is 6.41. The second kappa shape index (κ2) is 9.41. The summed E-state index contributed by atoms with van der Waals surface area (Å²) in [5.41, 5.74) is 5.41. The Morgan fingerprint density at radius 2 is 1.80 bits per heavy atom. The molecule has 1 unspecified atom stereocenters. The Labute approximate surface area is 203 Å². The molecular weight excluding hydrogens is 434 g/mol. The summed E-state index contributed by atoms with van der Waals surface area (Å²) in [5, 5.41) is 15.7. The van der Waals surface area contributed by atoms with Crippen LogP contribution >= 0.6 is 0 Å². The maximum Gasteiger partial charge on any atom is 0.250 e. The normalized spacial score (nSPS) is 11.9. The van der Waals surface area contributed by atoms with E-state index in [1.807, 2.05) is 54.2 Å². The molecule has 0 saturated heterocycles. The molecule has 0 aliphatic rings. The maximum absolute atomic E-state index is 12.1.